The maximum absolute atomic E-state index is 12.5. The molecule has 4 rings (SSSR count). The molecule has 1 amide bonds. The summed E-state index contributed by atoms with van der Waals surface area (Å²) in [6.45, 7) is 7.97. The SMILES string of the molecule is CC1CN(CCCNC(=O)c2ccc3c(c2)SC2=NS(=O)(=O)CCN23)CC(C)O1. The molecule has 8 nitrogen and oxygen atoms in total. The quantitative estimate of drug-likeness (QED) is 0.697. The normalized spacial score (nSPS) is 25.9. The van der Waals surface area contributed by atoms with Crippen LogP contribution in [0.15, 0.2) is 27.5 Å². The van der Waals surface area contributed by atoms with E-state index in [4.69, 9.17) is 4.74 Å². The zero-order valence-corrected chi connectivity index (χ0v) is 18.3. The molecule has 2 atom stereocenters. The zero-order chi connectivity index (χ0) is 20.6. The third kappa shape index (κ3) is 4.76. The Morgan fingerprint density at radius 3 is 2.83 bits per heavy atom. The maximum Gasteiger partial charge on any atom is 0.257 e. The van der Waals surface area contributed by atoms with Crippen LogP contribution in [0.1, 0.15) is 30.6 Å². The predicted molar refractivity (Wildman–Crippen MR) is 114 cm³/mol. The van der Waals surface area contributed by atoms with Gasteiger partial charge in [0.1, 0.15) is 0 Å². The average Bonchev–Trinajstić information content (AvgIpc) is 2.99. The fourth-order valence-corrected chi connectivity index (χ4v) is 6.24. The monoisotopic (exact) mass is 438 g/mol. The first kappa shape index (κ1) is 20.6. The second-order valence-corrected chi connectivity index (χ2v) is 10.5. The molecule has 0 aromatic heterocycles. The van der Waals surface area contributed by atoms with Crippen LogP contribution < -0.4 is 10.2 Å². The summed E-state index contributed by atoms with van der Waals surface area (Å²) in [5, 5.41) is 3.45. The number of carbonyl (C=O) groups excluding carboxylic acids is 1. The number of rotatable bonds is 5. The van der Waals surface area contributed by atoms with E-state index >= 15 is 0 Å². The Bertz CT molecular complexity index is 924. The minimum atomic E-state index is -3.38. The van der Waals surface area contributed by atoms with Crippen LogP contribution in [-0.2, 0) is 14.8 Å². The lowest BCUT2D eigenvalue weighted by Gasteiger charge is -2.35. The Kier molecular flexibility index (Phi) is 5.87. The zero-order valence-electron chi connectivity index (χ0n) is 16.6. The van der Waals surface area contributed by atoms with E-state index in [-0.39, 0.29) is 23.9 Å². The van der Waals surface area contributed by atoms with Crippen molar-refractivity contribution >= 4 is 38.5 Å². The predicted octanol–water partition coefficient (Wildman–Crippen LogP) is 1.53. The maximum atomic E-state index is 12.5. The van der Waals surface area contributed by atoms with Gasteiger partial charge in [-0.25, -0.2) is 8.42 Å². The van der Waals surface area contributed by atoms with Gasteiger partial charge in [-0.1, -0.05) is 0 Å². The molecule has 3 aliphatic rings. The highest BCUT2D eigenvalue weighted by atomic mass is 32.2. The molecule has 3 aliphatic heterocycles. The summed E-state index contributed by atoms with van der Waals surface area (Å²) in [5.41, 5.74) is 1.49. The molecule has 0 bridgehead atoms. The molecule has 3 heterocycles. The topological polar surface area (TPSA) is 91.3 Å². The molecule has 1 aromatic carbocycles. The van der Waals surface area contributed by atoms with Crippen LogP contribution in [0.4, 0.5) is 5.69 Å². The fraction of sp³-hybridized carbons (Fsp3) is 0.579. The lowest BCUT2D eigenvalue weighted by atomic mass is 10.1. The molecule has 158 valence electrons. The Balaban J connectivity index is 1.31. The second-order valence-electron chi connectivity index (χ2n) is 7.72. The Labute approximate surface area is 175 Å². The number of sulfonamides is 1. The third-order valence-corrected chi connectivity index (χ3v) is 7.47. The van der Waals surface area contributed by atoms with Crippen molar-refractivity contribution in [3.63, 3.8) is 0 Å². The van der Waals surface area contributed by atoms with Crippen molar-refractivity contribution in [2.45, 2.75) is 37.4 Å². The van der Waals surface area contributed by atoms with Gasteiger partial charge in [-0.3, -0.25) is 9.69 Å². The lowest BCUT2D eigenvalue weighted by molar-refractivity contribution is -0.0680. The van der Waals surface area contributed by atoms with Crippen molar-refractivity contribution in [1.82, 2.24) is 10.2 Å². The Morgan fingerprint density at radius 2 is 2.07 bits per heavy atom. The van der Waals surface area contributed by atoms with Gasteiger partial charge in [-0.15, -0.1) is 4.40 Å². The number of anilines is 1. The van der Waals surface area contributed by atoms with E-state index in [0.29, 0.717) is 23.8 Å². The van der Waals surface area contributed by atoms with E-state index in [0.717, 1.165) is 36.6 Å². The Morgan fingerprint density at radius 1 is 1.31 bits per heavy atom. The van der Waals surface area contributed by atoms with Crippen molar-refractivity contribution < 1.29 is 17.9 Å². The first-order chi connectivity index (χ1) is 13.8. The molecular weight excluding hydrogens is 412 g/mol. The molecule has 29 heavy (non-hydrogen) atoms. The summed E-state index contributed by atoms with van der Waals surface area (Å²) in [5.74, 6) is -0.101. The van der Waals surface area contributed by atoms with Gasteiger partial charge in [-0.05, 0) is 50.2 Å². The van der Waals surface area contributed by atoms with Gasteiger partial charge in [0.05, 0.1) is 23.6 Å². The smallest absolute Gasteiger partial charge is 0.257 e. The molecule has 10 heteroatoms. The molecule has 1 aromatic rings. The van der Waals surface area contributed by atoms with E-state index in [1.165, 1.54) is 11.8 Å². The van der Waals surface area contributed by atoms with Gasteiger partial charge < -0.3 is 15.0 Å². The van der Waals surface area contributed by atoms with E-state index in [9.17, 15) is 13.2 Å². The summed E-state index contributed by atoms with van der Waals surface area (Å²) in [7, 11) is -3.38. The first-order valence-electron chi connectivity index (χ1n) is 9.89. The van der Waals surface area contributed by atoms with E-state index in [1.807, 2.05) is 17.0 Å². The van der Waals surface area contributed by atoms with Crippen molar-refractivity contribution in [2.75, 3.05) is 43.4 Å². The molecule has 1 fully saturated rings. The minimum Gasteiger partial charge on any atom is -0.373 e. The van der Waals surface area contributed by atoms with E-state index in [2.05, 4.69) is 28.5 Å². The number of nitrogens with one attached hydrogen (secondary N) is 1. The van der Waals surface area contributed by atoms with Crippen molar-refractivity contribution in [3.8, 4) is 0 Å². The molecule has 0 radical (unpaired) electrons. The number of hydrogen-bond acceptors (Lipinski definition) is 7. The van der Waals surface area contributed by atoms with Gasteiger partial charge in [0, 0.05) is 43.2 Å². The number of amides is 1. The Hall–Kier alpha value is -1.62. The number of benzene rings is 1. The highest BCUT2D eigenvalue weighted by molar-refractivity contribution is 8.15. The van der Waals surface area contributed by atoms with Gasteiger partial charge in [0.15, 0.2) is 5.17 Å². The van der Waals surface area contributed by atoms with Gasteiger partial charge in [-0.2, -0.15) is 0 Å². The second kappa shape index (κ2) is 8.25. The number of carbonyl (C=O) groups is 1. The molecule has 2 unspecified atom stereocenters. The number of fused-ring (bicyclic) bond motifs is 3. The van der Waals surface area contributed by atoms with Crippen molar-refractivity contribution in [3.05, 3.63) is 23.8 Å². The van der Waals surface area contributed by atoms with Crippen LogP contribution in [0, 0.1) is 0 Å². The van der Waals surface area contributed by atoms with Crippen molar-refractivity contribution in [1.29, 1.82) is 0 Å². The molecule has 0 aliphatic carbocycles. The highest BCUT2D eigenvalue weighted by Gasteiger charge is 2.33. The number of ether oxygens (including phenoxy) is 1. The number of nitrogens with zero attached hydrogens (tertiary/aromatic N) is 3. The van der Waals surface area contributed by atoms with Crippen LogP contribution in [0.3, 0.4) is 0 Å². The molecule has 0 saturated carbocycles. The lowest BCUT2D eigenvalue weighted by Crippen LogP contribution is -2.46. The highest BCUT2D eigenvalue weighted by Crippen LogP contribution is 2.42. The summed E-state index contributed by atoms with van der Waals surface area (Å²) in [4.78, 5) is 17.7. The van der Waals surface area contributed by atoms with Crippen LogP contribution in [0.2, 0.25) is 0 Å². The summed E-state index contributed by atoms with van der Waals surface area (Å²) >= 11 is 1.30. The van der Waals surface area contributed by atoms with Crippen LogP contribution in [-0.4, -0.2) is 75.1 Å². The van der Waals surface area contributed by atoms with Gasteiger partial charge >= 0.3 is 0 Å². The fourth-order valence-electron chi connectivity index (χ4n) is 3.95. The largest absolute Gasteiger partial charge is 0.373 e. The van der Waals surface area contributed by atoms with Gasteiger partial charge in [0.2, 0.25) is 0 Å². The first-order valence-corrected chi connectivity index (χ1v) is 12.3. The summed E-state index contributed by atoms with van der Waals surface area (Å²) in [6, 6.07) is 5.47. The van der Waals surface area contributed by atoms with Crippen LogP contribution in [0.25, 0.3) is 0 Å². The van der Waals surface area contributed by atoms with E-state index < -0.39 is 10.0 Å². The number of amidine groups is 1. The van der Waals surface area contributed by atoms with Crippen LogP contribution in [0.5, 0.6) is 0 Å². The summed E-state index contributed by atoms with van der Waals surface area (Å²) in [6.07, 6.45) is 1.38. The van der Waals surface area contributed by atoms with E-state index in [1.54, 1.807) is 6.07 Å². The van der Waals surface area contributed by atoms with Crippen molar-refractivity contribution in [2.24, 2.45) is 4.40 Å². The molecular formula is C19H26N4O4S2. The van der Waals surface area contributed by atoms with Gasteiger partial charge in [0.25, 0.3) is 15.9 Å². The molecule has 1 saturated heterocycles. The average molecular weight is 439 g/mol. The molecule has 0 spiro atoms. The third-order valence-electron chi connectivity index (χ3n) is 5.17. The standard InChI is InChI=1S/C19H26N4O4S2/c1-13-11-22(12-14(2)27-13)7-3-6-20-18(24)15-4-5-16-17(10-15)28-19-21-29(25,26)9-8-23(16)19/h4-5,10,13-14H,3,6-9,11-12H2,1-2H3,(H,20,24). The van der Waals surface area contributed by atoms with Crippen LogP contribution >= 0.6 is 11.8 Å². The number of thioether (sulfide) groups is 1. The minimum absolute atomic E-state index is 0.0133. The number of morpholine rings is 1. The summed E-state index contributed by atoms with van der Waals surface area (Å²) < 4.78 is 33.0. The molecule has 1 N–H and O–H groups in total. The number of hydrogen-bond donors (Lipinski definition) is 1.